The van der Waals surface area contributed by atoms with Crippen LogP contribution >= 0.6 is 11.3 Å². The maximum absolute atomic E-state index is 14.2. The van der Waals surface area contributed by atoms with Crippen molar-refractivity contribution < 1.29 is 23.9 Å². The van der Waals surface area contributed by atoms with Crippen LogP contribution in [0.4, 0.5) is 0 Å². The van der Waals surface area contributed by atoms with Crippen LogP contribution < -0.4 is 15.4 Å². The Balaban J connectivity index is 1.25. The third kappa shape index (κ3) is 5.88. The van der Waals surface area contributed by atoms with E-state index < -0.39 is 6.04 Å². The molecule has 0 bridgehead atoms. The van der Waals surface area contributed by atoms with Crippen molar-refractivity contribution in [1.29, 1.82) is 0 Å². The van der Waals surface area contributed by atoms with Gasteiger partial charge in [0.2, 0.25) is 17.7 Å². The number of fused-ring (bicyclic) bond motifs is 1. The molecule has 4 amide bonds. The summed E-state index contributed by atoms with van der Waals surface area (Å²) in [6, 6.07) is 5.58. The predicted octanol–water partition coefficient (Wildman–Crippen LogP) is 2.94. The van der Waals surface area contributed by atoms with Crippen LogP contribution in [0.2, 0.25) is 0 Å². The number of hydrogen-bond acceptors (Lipinski definition) is 7. The van der Waals surface area contributed by atoms with Gasteiger partial charge in [-0.2, -0.15) is 0 Å². The van der Waals surface area contributed by atoms with Crippen molar-refractivity contribution in [3.05, 3.63) is 45.9 Å². The van der Waals surface area contributed by atoms with Gasteiger partial charge in [0.25, 0.3) is 5.91 Å². The quantitative estimate of drug-likeness (QED) is 0.486. The molecule has 11 heteroatoms. The van der Waals surface area contributed by atoms with Crippen molar-refractivity contribution in [3.63, 3.8) is 0 Å². The van der Waals surface area contributed by atoms with E-state index in [4.69, 9.17) is 4.74 Å². The smallest absolute Gasteiger partial charge is 0.265 e. The number of aromatic nitrogens is 1. The van der Waals surface area contributed by atoms with Crippen LogP contribution in [-0.4, -0.2) is 77.7 Å². The van der Waals surface area contributed by atoms with Crippen molar-refractivity contribution in [2.45, 2.75) is 63.5 Å². The molecule has 2 N–H and O–H groups in total. The molecular weight excluding hydrogens is 554 g/mol. The summed E-state index contributed by atoms with van der Waals surface area (Å²) >= 11 is 1.33. The summed E-state index contributed by atoms with van der Waals surface area (Å²) in [5.41, 5.74) is 3.68. The fourth-order valence-electron chi connectivity index (χ4n) is 6.81. The molecule has 3 heterocycles. The van der Waals surface area contributed by atoms with Gasteiger partial charge in [-0.3, -0.25) is 24.2 Å². The van der Waals surface area contributed by atoms with E-state index in [1.54, 1.807) is 23.7 Å². The van der Waals surface area contributed by atoms with Crippen molar-refractivity contribution in [2.75, 3.05) is 33.2 Å². The summed E-state index contributed by atoms with van der Waals surface area (Å²) in [6.07, 6.45) is 7.84. The molecule has 1 aromatic heterocycles. The number of likely N-dealkylation sites (tertiary alicyclic amines) is 1. The molecule has 0 radical (unpaired) electrons. The Morgan fingerprint density at radius 2 is 1.83 bits per heavy atom. The molecule has 4 aliphatic rings. The number of carbonyl (C=O) groups excluding carboxylic acids is 4. The first-order valence-corrected chi connectivity index (χ1v) is 16.1. The van der Waals surface area contributed by atoms with E-state index in [0.29, 0.717) is 62.5 Å². The van der Waals surface area contributed by atoms with Gasteiger partial charge in [0, 0.05) is 56.4 Å². The first-order chi connectivity index (χ1) is 20.4. The van der Waals surface area contributed by atoms with Crippen molar-refractivity contribution in [1.82, 2.24) is 25.4 Å². The number of ether oxygens (including phenoxy) is 1. The normalized spacial score (nSPS) is 25.5. The summed E-state index contributed by atoms with van der Waals surface area (Å²) in [6.45, 7) is 1.90. The zero-order chi connectivity index (χ0) is 29.2. The van der Waals surface area contributed by atoms with Crippen LogP contribution in [0, 0.1) is 17.8 Å². The number of thiazole rings is 1. The van der Waals surface area contributed by atoms with Gasteiger partial charge in [0.05, 0.1) is 24.3 Å². The number of amides is 4. The number of rotatable bonds is 8. The third-order valence-electron chi connectivity index (χ3n) is 9.22. The Bertz CT molecular complexity index is 1330. The maximum atomic E-state index is 14.2. The zero-order valence-corrected chi connectivity index (χ0v) is 24.9. The maximum Gasteiger partial charge on any atom is 0.265 e. The highest BCUT2D eigenvalue weighted by atomic mass is 32.1. The minimum atomic E-state index is -0.399. The highest BCUT2D eigenvalue weighted by molar-refractivity contribution is 7.11. The SMILES string of the molecule is CNC(=O)[C@@H]1CCCCC1C(=O)N1CCc2cccc(O[C@H]3CCN(C(=O)c4cncs4)C3)c2[C@H]1CNC(=O)C1CC1. The topological polar surface area (TPSA) is 121 Å². The Kier molecular flexibility index (Phi) is 8.46. The van der Waals surface area contributed by atoms with Gasteiger partial charge in [-0.05, 0) is 43.7 Å². The average Bonchev–Trinajstić information content (AvgIpc) is 3.52. The van der Waals surface area contributed by atoms with Gasteiger partial charge in [-0.15, -0.1) is 11.3 Å². The molecule has 2 aromatic rings. The lowest BCUT2D eigenvalue weighted by Crippen LogP contribution is -2.50. The lowest BCUT2D eigenvalue weighted by atomic mass is 9.77. The van der Waals surface area contributed by atoms with Crippen LogP contribution in [0.1, 0.15) is 71.8 Å². The lowest BCUT2D eigenvalue weighted by molar-refractivity contribution is -0.146. The van der Waals surface area contributed by atoms with Crippen LogP contribution in [0.15, 0.2) is 29.9 Å². The molecule has 1 unspecified atom stereocenters. The summed E-state index contributed by atoms with van der Waals surface area (Å²) in [5, 5.41) is 5.88. The molecular formula is C31H39N5O5S. The van der Waals surface area contributed by atoms with E-state index in [1.807, 2.05) is 17.0 Å². The second-order valence-electron chi connectivity index (χ2n) is 11.9. The second-order valence-corrected chi connectivity index (χ2v) is 12.8. The van der Waals surface area contributed by atoms with E-state index in [0.717, 1.165) is 36.8 Å². The summed E-state index contributed by atoms with van der Waals surface area (Å²) < 4.78 is 6.60. The lowest BCUT2D eigenvalue weighted by Gasteiger charge is -2.42. The predicted molar refractivity (Wildman–Crippen MR) is 157 cm³/mol. The fraction of sp³-hybridized carbons (Fsp3) is 0.581. The molecule has 0 spiro atoms. The molecule has 42 heavy (non-hydrogen) atoms. The Morgan fingerprint density at radius 3 is 2.57 bits per heavy atom. The van der Waals surface area contributed by atoms with E-state index in [1.165, 1.54) is 11.3 Å². The highest BCUT2D eigenvalue weighted by Crippen LogP contribution is 2.41. The van der Waals surface area contributed by atoms with E-state index >= 15 is 0 Å². The van der Waals surface area contributed by atoms with Gasteiger partial charge in [-0.1, -0.05) is 25.0 Å². The van der Waals surface area contributed by atoms with E-state index in [-0.39, 0.29) is 47.5 Å². The minimum Gasteiger partial charge on any atom is -0.488 e. The molecule has 4 atom stereocenters. The van der Waals surface area contributed by atoms with E-state index in [9.17, 15) is 19.2 Å². The van der Waals surface area contributed by atoms with Crippen molar-refractivity contribution in [2.24, 2.45) is 17.8 Å². The second kappa shape index (κ2) is 12.4. The summed E-state index contributed by atoms with van der Waals surface area (Å²) in [4.78, 5) is 61.0. The Labute approximate surface area is 250 Å². The molecule has 1 aromatic carbocycles. The van der Waals surface area contributed by atoms with Crippen LogP contribution in [0.25, 0.3) is 0 Å². The molecule has 3 fully saturated rings. The summed E-state index contributed by atoms with van der Waals surface area (Å²) in [7, 11) is 1.63. The number of nitrogens with zero attached hydrogens (tertiary/aromatic N) is 3. The third-order valence-corrected chi connectivity index (χ3v) is 9.99. The number of hydrogen-bond donors (Lipinski definition) is 2. The van der Waals surface area contributed by atoms with Crippen molar-refractivity contribution >= 4 is 35.0 Å². The molecule has 2 saturated carbocycles. The summed E-state index contributed by atoms with van der Waals surface area (Å²) in [5.74, 6) is -0.0681. The number of carbonyl (C=O) groups is 4. The van der Waals surface area contributed by atoms with Gasteiger partial charge in [0.1, 0.15) is 16.7 Å². The largest absolute Gasteiger partial charge is 0.488 e. The van der Waals surface area contributed by atoms with Gasteiger partial charge < -0.3 is 25.2 Å². The van der Waals surface area contributed by atoms with Gasteiger partial charge in [-0.25, -0.2) is 0 Å². The average molecular weight is 594 g/mol. The molecule has 2 aliphatic carbocycles. The van der Waals surface area contributed by atoms with E-state index in [2.05, 4.69) is 21.7 Å². The Hall–Kier alpha value is -3.47. The molecule has 10 nitrogen and oxygen atoms in total. The Morgan fingerprint density at radius 1 is 1.02 bits per heavy atom. The fourth-order valence-corrected chi connectivity index (χ4v) is 7.40. The standard InChI is InChI=1S/C31H39N5O5S/c1-32-29(38)22-6-2-3-7-23(22)30(39)36-14-11-19-5-4-8-25(27(19)24(36)15-34-28(37)20-9-10-20)41-21-12-13-35(17-21)31(40)26-16-33-18-42-26/h4-5,8,16,18,20-24H,2-3,6-7,9-15,17H2,1H3,(H,32,38)(H,34,37)/t21-,22+,23?,24+/m0/s1. The van der Waals surface area contributed by atoms with Gasteiger partial charge in [0.15, 0.2) is 0 Å². The van der Waals surface area contributed by atoms with Crippen LogP contribution in [0.5, 0.6) is 5.75 Å². The number of nitrogens with one attached hydrogen (secondary N) is 2. The monoisotopic (exact) mass is 593 g/mol. The molecule has 1 saturated heterocycles. The van der Waals surface area contributed by atoms with Gasteiger partial charge >= 0.3 is 0 Å². The molecule has 2 aliphatic heterocycles. The molecule has 224 valence electrons. The van der Waals surface area contributed by atoms with Crippen LogP contribution in [-0.2, 0) is 20.8 Å². The zero-order valence-electron chi connectivity index (χ0n) is 24.0. The first-order valence-electron chi connectivity index (χ1n) is 15.2. The van der Waals surface area contributed by atoms with Crippen molar-refractivity contribution in [3.8, 4) is 5.75 Å². The minimum absolute atomic E-state index is 0.0170. The highest BCUT2D eigenvalue weighted by Gasteiger charge is 2.42. The first kappa shape index (κ1) is 28.6. The number of benzene rings is 1. The molecule has 6 rings (SSSR count). The van der Waals surface area contributed by atoms with Crippen LogP contribution in [0.3, 0.4) is 0 Å².